The highest BCUT2D eigenvalue weighted by Gasteiger charge is 2.23. The van der Waals surface area contributed by atoms with Gasteiger partial charge >= 0.3 is 0 Å². The molecule has 1 N–H and O–H groups in total. The molecule has 1 fully saturated rings. The van der Waals surface area contributed by atoms with Crippen LogP contribution in [0.1, 0.15) is 40.9 Å². The van der Waals surface area contributed by atoms with Gasteiger partial charge in [-0.1, -0.05) is 30.3 Å². The summed E-state index contributed by atoms with van der Waals surface area (Å²) >= 11 is 1.35. The van der Waals surface area contributed by atoms with Crippen molar-refractivity contribution in [2.45, 2.75) is 32.1 Å². The fourth-order valence-electron chi connectivity index (χ4n) is 4.11. The Bertz CT molecular complexity index is 1060. The van der Waals surface area contributed by atoms with Crippen molar-refractivity contribution in [1.82, 2.24) is 9.88 Å². The second-order valence-corrected chi connectivity index (χ2v) is 9.21. The molecule has 2 heterocycles. The SMILES string of the molecule is COc1ccc(CCC2CCN(C(=O)Cc3csc(NC(=O)c4ccccc4)n3)CC2)cc1. The minimum absolute atomic E-state index is 0.106. The molecule has 6 nitrogen and oxygen atoms in total. The Morgan fingerprint density at radius 3 is 2.52 bits per heavy atom. The van der Waals surface area contributed by atoms with E-state index in [0.717, 1.165) is 44.5 Å². The molecular weight excluding hydrogens is 434 g/mol. The highest BCUT2D eigenvalue weighted by molar-refractivity contribution is 7.14. The first kappa shape index (κ1) is 23.0. The quantitative estimate of drug-likeness (QED) is 0.520. The predicted molar refractivity (Wildman–Crippen MR) is 131 cm³/mol. The van der Waals surface area contributed by atoms with Gasteiger partial charge in [-0.15, -0.1) is 11.3 Å². The van der Waals surface area contributed by atoms with Gasteiger partial charge in [0, 0.05) is 24.0 Å². The summed E-state index contributed by atoms with van der Waals surface area (Å²) in [5.74, 6) is 1.45. The monoisotopic (exact) mass is 463 g/mol. The number of anilines is 1. The van der Waals surface area contributed by atoms with Crippen LogP contribution in [0.2, 0.25) is 0 Å². The van der Waals surface area contributed by atoms with Crippen molar-refractivity contribution in [3.63, 3.8) is 0 Å². The summed E-state index contributed by atoms with van der Waals surface area (Å²) in [7, 11) is 1.68. The lowest BCUT2D eigenvalue weighted by Crippen LogP contribution is -2.39. The number of benzene rings is 2. The van der Waals surface area contributed by atoms with E-state index in [2.05, 4.69) is 22.4 Å². The molecule has 2 amide bonds. The van der Waals surface area contributed by atoms with Crippen molar-refractivity contribution in [3.8, 4) is 5.75 Å². The first-order valence-electron chi connectivity index (χ1n) is 11.3. The molecule has 33 heavy (non-hydrogen) atoms. The average Bonchev–Trinajstić information content (AvgIpc) is 3.30. The number of thiazole rings is 1. The zero-order valence-corrected chi connectivity index (χ0v) is 19.6. The zero-order chi connectivity index (χ0) is 23.0. The molecule has 0 aliphatic carbocycles. The number of nitrogens with one attached hydrogen (secondary N) is 1. The average molecular weight is 464 g/mol. The van der Waals surface area contributed by atoms with Gasteiger partial charge in [0.05, 0.1) is 19.2 Å². The van der Waals surface area contributed by atoms with Crippen LogP contribution in [0.25, 0.3) is 0 Å². The molecule has 7 heteroatoms. The number of aryl methyl sites for hydroxylation is 1. The molecule has 1 aromatic heterocycles. The Hall–Kier alpha value is -3.19. The number of carbonyl (C=O) groups excluding carboxylic acids is 2. The first-order valence-corrected chi connectivity index (χ1v) is 12.2. The van der Waals surface area contributed by atoms with E-state index in [1.807, 2.05) is 40.6 Å². The molecular formula is C26H29N3O3S. The van der Waals surface area contributed by atoms with Crippen LogP contribution in [0.5, 0.6) is 5.75 Å². The van der Waals surface area contributed by atoms with E-state index >= 15 is 0 Å². The third-order valence-electron chi connectivity index (χ3n) is 6.11. The van der Waals surface area contributed by atoms with E-state index in [0.29, 0.717) is 22.3 Å². The van der Waals surface area contributed by atoms with Crippen LogP contribution in [-0.2, 0) is 17.6 Å². The summed E-state index contributed by atoms with van der Waals surface area (Å²) < 4.78 is 5.22. The molecule has 1 aliphatic rings. The molecule has 172 valence electrons. The third-order valence-corrected chi connectivity index (χ3v) is 6.91. The fourth-order valence-corrected chi connectivity index (χ4v) is 4.81. The summed E-state index contributed by atoms with van der Waals surface area (Å²) in [6.45, 7) is 1.60. The number of ether oxygens (including phenoxy) is 1. The Balaban J connectivity index is 1.20. The maximum Gasteiger partial charge on any atom is 0.257 e. The van der Waals surface area contributed by atoms with Gasteiger partial charge < -0.3 is 9.64 Å². The lowest BCUT2D eigenvalue weighted by molar-refractivity contribution is -0.131. The lowest BCUT2D eigenvalue weighted by atomic mass is 9.90. The van der Waals surface area contributed by atoms with Crippen LogP contribution in [0.3, 0.4) is 0 Å². The standard InChI is InChI=1S/C26H29N3O3S/c1-32-23-11-9-19(10-12-23)7-8-20-13-15-29(16-14-20)24(30)17-22-18-33-26(27-22)28-25(31)21-5-3-2-4-6-21/h2-6,9-12,18,20H,7-8,13-17H2,1H3,(H,27,28,31). The number of aromatic nitrogens is 1. The number of hydrogen-bond donors (Lipinski definition) is 1. The third kappa shape index (κ3) is 6.42. The van der Waals surface area contributed by atoms with Gasteiger partial charge in [0.15, 0.2) is 5.13 Å². The molecule has 4 rings (SSSR count). The maximum atomic E-state index is 12.8. The molecule has 0 unspecified atom stereocenters. The van der Waals surface area contributed by atoms with E-state index < -0.39 is 0 Å². The van der Waals surface area contributed by atoms with Crippen LogP contribution >= 0.6 is 11.3 Å². The van der Waals surface area contributed by atoms with E-state index in [4.69, 9.17) is 4.74 Å². The van der Waals surface area contributed by atoms with Crippen molar-refractivity contribution >= 4 is 28.3 Å². The Kier molecular flexibility index (Phi) is 7.73. The molecule has 1 saturated heterocycles. The van der Waals surface area contributed by atoms with Crippen molar-refractivity contribution in [2.24, 2.45) is 5.92 Å². The molecule has 2 aromatic carbocycles. The van der Waals surface area contributed by atoms with Crippen molar-refractivity contribution in [3.05, 3.63) is 76.8 Å². The minimum atomic E-state index is -0.195. The largest absolute Gasteiger partial charge is 0.497 e. The van der Waals surface area contributed by atoms with Crippen LogP contribution in [0.15, 0.2) is 60.0 Å². The maximum absolute atomic E-state index is 12.8. The second-order valence-electron chi connectivity index (χ2n) is 8.35. The van der Waals surface area contributed by atoms with Crippen LogP contribution < -0.4 is 10.1 Å². The molecule has 0 bridgehead atoms. The molecule has 1 aliphatic heterocycles. The van der Waals surface area contributed by atoms with Gasteiger partial charge in [0.2, 0.25) is 5.91 Å². The van der Waals surface area contributed by atoms with Gasteiger partial charge in [-0.25, -0.2) is 4.98 Å². The van der Waals surface area contributed by atoms with Crippen LogP contribution in [0.4, 0.5) is 5.13 Å². The van der Waals surface area contributed by atoms with Crippen LogP contribution in [-0.4, -0.2) is 41.9 Å². The predicted octanol–water partition coefficient (Wildman–Crippen LogP) is 4.82. The fraction of sp³-hybridized carbons (Fsp3) is 0.346. The Labute approximate surface area is 198 Å². The van der Waals surface area contributed by atoms with Gasteiger partial charge in [-0.2, -0.15) is 0 Å². The normalized spacial score (nSPS) is 14.2. The van der Waals surface area contributed by atoms with Crippen molar-refractivity contribution in [2.75, 3.05) is 25.5 Å². The number of nitrogens with zero attached hydrogens (tertiary/aromatic N) is 2. The zero-order valence-electron chi connectivity index (χ0n) is 18.8. The van der Waals surface area contributed by atoms with E-state index in [1.165, 1.54) is 16.9 Å². The lowest BCUT2D eigenvalue weighted by Gasteiger charge is -2.32. The summed E-state index contributed by atoms with van der Waals surface area (Å²) in [5, 5.41) is 5.17. The highest BCUT2D eigenvalue weighted by atomic mass is 32.1. The topological polar surface area (TPSA) is 71.5 Å². The number of carbonyl (C=O) groups is 2. The molecule has 0 radical (unpaired) electrons. The van der Waals surface area contributed by atoms with Crippen molar-refractivity contribution < 1.29 is 14.3 Å². The van der Waals surface area contributed by atoms with Gasteiger partial charge in [-0.3, -0.25) is 14.9 Å². The smallest absolute Gasteiger partial charge is 0.257 e. The van der Waals surface area contributed by atoms with Crippen molar-refractivity contribution in [1.29, 1.82) is 0 Å². The highest BCUT2D eigenvalue weighted by Crippen LogP contribution is 2.24. The number of likely N-dealkylation sites (tertiary alicyclic amines) is 1. The summed E-state index contributed by atoms with van der Waals surface area (Å²) in [4.78, 5) is 31.4. The van der Waals surface area contributed by atoms with E-state index in [9.17, 15) is 9.59 Å². The minimum Gasteiger partial charge on any atom is -0.497 e. The molecule has 0 atom stereocenters. The van der Waals surface area contributed by atoms with Crippen LogP contribution in [0, 0.1) is 5.92 Å². The van der Waals surface area contributed by atoms with Gasteiger partial charge in [0.1, 0.15) is 5.75 Å². The number of piperidine rings is 1. The van der Waals surface area contributed by atoms with Gasteiger partial charge in [0.25, 0.3) is 5.91 Å². The summed E-state index contributed by atoms with van der Waals surface area (Å²) in [6.07, 6.45) is 4.55. The number of methoxy groups -OCH3 is 1. The first-order chi connectivity index (χ1) is 16.1. The Morgan fingerprint density at radius 2 is 1.82 bits per heavy atom. The summed E-state index contributed by atoms with van der Waals surface area (Å²) in [5.41, 5.74) is 2.61. The number of hydrogen-bond acceptors (Lipinski definition) is 5. The van der Waals surface area contributed by atoms with E-state index in [-0.39, 0.29) is 18.2 Å². The number of amides is 2. The molecule has 0 spiro atoms. The Morgan fingerprint density at radius 1 is 1.09 bits per heavy atom. The number of rotatable bonds is 8. The van der Waals surface area contributed by atoms with E-state index in [1.54, 1.807) is 19.2 Å². The molecule has 0 saturated carbocycles. The summed E-state index contributed by atoms with van der Waals surface area (Å²) in [6, 6.07) is 17.3. The molecule has 3 aromatic rings. The van der Waals surface area contributed by atoms with Gasteiger partial charge in [-0.05, 0) is 61.4 Å². The second kappa shape index (κ2) is 11.1.